The Labute approximate surface area is 132 Å². The van der Waals surface area contributed by atoms with Crippen LogP contribution in [0.5, 0.6) is 0 Å². The third-order valence-corrected chi connectivity index (χ3v) is 3.44. The van der Waals surface area contributed by atoms with Gasteiger partial charge in [-0.05, 0) is 47.2 Å². The minimum atomic E-state index is -0.867. The van der Waals surface area contributed by atoms with E-state index in [2.05, 4.69) is 20.8 Å². The van der Waals surface area contributed by atoms with Crippen LogP contribution in [0, 0.1) is 12.7 Å². The van der Waals surface area contributed by atoms with Gasteiger partial charge in [0.2, 0.25) is 5.95 Å². The lowest BCUT2D eigenvalue weighted by Crippen LogP contribution is -2.15. The molecule has 0 aliphatic heterocycles. The van der Waals surface area contributed by atoms with Crippen LogP contribution in [0.3, 0.4) is 0 Å². The van der Waals surface area contributed by atoms with Crippen molar-refractivity contribution in [3.8, 4) is 5.69 Å². The maximum Gasteiger partial charge on any atom is 0.247 e. The molecule has 0 unspecified atom stereocenters. The number of nitrogens with zero attached hydrogens (tertiary/aromatic N) is 4. The molecule has 0 saturated carbocycles. The van der Waals surface area contributed by atoms with Gasteiger partial charge in [-0.3, -0.25) is 0 Å². The molecule has 1 atom stereocenters. The van der Waals surface area contributed by atoms with Gasteiger partial charge < -0.3 is 10.4 Å². The van der Waals surface area contributed by atoms with E-state index < -0.39 is 6.10 Å². The van der Waals surface area contributed by atoms with Crippen molar-refractivity contribution in [2.24, 2.45) is 0 Å². The molecule has 2 aromatic carbocycles. The van der Waals surface area contributed by atoms with E-state index in [1.165, 1.54) is 16.8 Å². The van der Waals surface area contributed by atoms with E-state index in [1.54, 1.807) is 12.1 Å². The molecule has 23 heavy (non-hydrogen) atoms. The van der Waals surface area contributed by atoms with Gasteiger partial charge in [0.05, 0.1) is 11.8 Å². The van der Waals surface area contributed by atoms with Crippen molar-refractivity contribution in [1.82, 2.24) is 20.2 Å². The lowest BCUT2D eigenvalue weighted by Gasteiger charge is -2.13. The third kappa shape index (κ3) is 3.51. The number of benzene rings is 2. The maximum absolute atomic E-state index is 13.2. The zero-order chi connectivity index (χ0) is 16.2. The van der Waals surface area contributed by atoms with Crippen LogP contribution >= 0.6 is 0 Å². The summed E-state index contributed by atoms with van der Waals surface area (Å²) in [6.45, 7) is 2.16. The zero-order valence-corrected chi connectivity index (χ0v) is 12.5. The molecule has 0 spiro atoms. The standard InChI is InChI=1S/C16H16FN5O/c1-11-5-7-14(8-6-11)22-16(19-20-21-22)18-10-15(23)12-3-2-4-13(17)9-12/h2-9,15,23H,10H2,1H3,(H,18,19,21)/t15-/m1/s1. The predicted octanol–water partition coefficient (Wildman–Crippen LogP) is 2.26. The average molecular weight is 313 g/mol. The number of anilines is 1. The van der Waals surface area contributed by atoms with Crippen LogP contribution < -0.4 is 5.32 Å². The minimum absolute atomic E-state index is 0.162. The summed E-state index contributed by atoms with van der Waals surface area (Å²) in [5, 5.41) is 24.6. The molecule has 0 radical (unpaired) electrons. The molecule has 0 bridgehead atoms. The molecule has 7 heteroatoms. The topological polar surface area (TPSA) is 75.9 Å². The Morgan fingerprint density at radius 1 is 1.22 bits per heavy atom. The van der Waals surface area contributed by atoms with Gasteiger partial charge >= 0.3 is 0 Å². The second-order valence-electron chi connectivity index (χ2n) is 5.20. The van der Waals surface area contributed by atoms with Gasteiger partial charge in [0, 0.05) is 6.54 Å². The zero-order valence-electron chi connectivity index (χ0n) is 12.5. The van der Waals surface area contributed by atoms with Crippen LogP contribution in [0.15, 0.2) is 48.5 Å². The summed E-state index contributed by atoms with van der Waals surface area (Å²) >= 11 is 0. The summed E-state index contributed by atoms with van der Waals surface area (Å²) in [6.07, 6.45) is -0.867. The van der Waals surface area contributed by atoms with E-state index in [-0.39, 0.29) is 12.4 Å². The van der Waals surface area contributed by atoms with Gasteiger partial charge in [0.15, 0.2) is 0 Å². The van der Waals surface area contributed by atoms with E-state index in [1.807, 2.05) is 31.2 Å². The predicted molar refractivity (Wildman–Crippen MR) is 83.7 cm³/mol. The molecule has 3 rings (SSSR count). The Morgan fingerprint density at radius 3 is 2.74 bits per heavy atom. The van der Waals surface area contributed by atoms with Crippen molar-refractivity contribution in [3.05, 3.63) is 65.5 Å². The quantitative estimate of drug-likeness (QED) is 0.755. The number of hydrogen-bond donors (Lipinski definition) is 2. The normalized spacial score (nSPS) is 12.1. The van der Waals surface area contributed by atoms with Gasteiger partial charge in [0.1, 0.15) is 5.82 Å². The summed E-state index contributed by atoms with van der Waals surface area (Å²) in [7, 11) is 0. The molecular weight excluding hydrogens is 297 g/mol. The lowest BCUT2D eigenvalue weighted by atomic mass is 10.1. The van der Waals surface area contributed by atoms with Crippen molar-refractivity contribution in [3.63, 3.8) is 0 Å². The molecule has 2 N–H and O–H groups in total. The summed E-state index contributed by atoms with van der Waals surface area (Å²) < 4.78 is 14.7. The van der Waals surface area contributed by atoms with Crippen molar-refractivity contribution < 1.29 is 9.50 Å². The molecule has 1 heterocycles. The fraction of sp³-hybridized carbons (Fsp3) is 0.188. The van der Waals surface area contributed by atoms with Gasteiger partial charge in [0.25, 0.3) is 0 Å². The molecule has 0 fully saturated rings. The van der Waals surface area contributed by atoms with Gasteiger partial charge in [-0.2, -0.15) is 4.68 Å². The number of halogens is 1. The van der Waals surface area contributed by atoms with Crippen LogP contribution in [0.4, 0.5) is 10.3 Å². The smallest absolute Gasteiger partial charge is 0.247 e. The van der Waals surface area contributed by atoms with Gasteiger partial charge in [-0.1, -0.05) is 34.9 Å². The number of rotatable bonds is 5. The molecule has 3 aromatic rings. The fourth-order valence-corrected chi connectivity index (χ4v) is 2.18. The van der Waals surface area contributed by atoms with E-state index in [0.717, 1.165) is 11.3 Å². The first kappa shape index (κ1) is 15.1. The van der Waals surface area contributed by atoms with Crippen LogP contribution in [0.1, 0.15) is 17.2 Å². The summed E-state index contributed by atoms with van der Waals surface area (Å²) in [5.74, 6) is 0.0235. The Bertz CT molecular complexity index is 787. The van der Waals surface area contributed by atoms with Crippen molar-refractivity contribution in [2.75, 3.05) is 11.9 Å². The largest absolute Gasteiger partial charge is 0.387 e. The highest BCUT2D eigenvalue weighted by Crippen LogP contribution is 2.16. The molecular formula is C16H16FN5O. The van der Waals surface area contributed by atoms with Crippen LogP contribution in [0.25, 0.3) is 5.69 Å². The molecule has 1 aromatic heterocycles. The van der Waals surface area contributed by atoms with Crippen LogP contribution in [-0.4, -0.2) is 31.9 Å². The Balaban J connectivity index is 1.72. The number of hydrogen-bond acceptors (Lipinski definition) is 5. The first-order valence-corrected chi connectivity index (χ1v) is 7.16. The van der Waals surface area contributed by atoms with Crippen molar-refractivity contribution >= 4 is 5.95 Å². The molecule has 6 nitrogen and oxygen atoms in total. The second kappa shape index (κ2) is 6.53. The monoisotopic (exact) mass is 313 g/mol. The number of aliphatic hydroxyl groups excluding tert-OH is 1. The van der Waals surface area contributed by atoms with Crippen LogP contribution in [-0.2, 0) is 0 Å². The molecule has 0 aliphatic carbocycles. The highest BCUT2D eigenvalue weighted by Gasteiger charge is 2.12. The summed E-state index contributed by atoms with van der Waals surface area (Å²) in [4.78, 5) is 0. The van der Waals surface area contributed by atoms with Gasteiger partial charge in [-0.15, -0.1) is 0 Å². The van der Waals surface area contributed by atoms with E-state index in [4.69, 9.17) is 0 Å². The second-order valence-corrected chi connectivity index (χ2v) is 5.20. The number of aromatic nitrogens is 4. The Kier molecular flexibility index (Phi) is 4.29. The Hall–Kier alpha value is -2.80. The molecule has 0 saturated heterocycles. The van der Waals surface area contributed by atoms with Gasteiger partial charge in [-0.25, -0.2) is 4.39 Å². The van der Waals surface area contributed by atoms with Crippen LogP contribution in [0.2, 0.25) is 0 Å². The van der Waals surface area contributed by atoms with Crippen molar-refractivity contribution in [1.29, 1.82) is 0 Å². The SMILES string of the molecule is Cc1ccc(-n2nnnc2NC[C@@H](O)c2cccc(F)c2)cc1. The number of nitrogens with one attached hydrogen (secondary N) is 1. The third-order valence-electron chi connectivity index (χ3n) is 3.44. The average Bonchev–Trinajstić information content (AvgIpc) is 3.02. The molecule has 118 valence electrons. The minimum Gasteiger partial charge on any atom is -0.387 e. The maximum atomic E-state index is 13.2. The number of aryl methyl sites for hydroxylation is 1. The first-order valence-electron chi connectivity index (χ1n) is 7.16. The van der Waals surface area contributed by atoms with E-state index in [9.17, 15) is 9.50 Å². The summed E-state index contributed by atoms with van der Waals surface area (Å²) in [6, 6.07) is 13.6. The highest BCUT2D eigenvalue weighted by molar-refractivity contribution is 5.40. The highest BCUT2D eigenvalue weighted by atomic mass is 19.1. The number of aliphatic hydroxyl groups is 1. The molecule has 0 aliphatic rings. The first-order chi connectivity index (χ1) is 11.1. The Morgan fingerprint density at radius 2 is 2.00 bits per heavy atom. The number of tetrazole rings is 1. The lowest BCUT2D eigenvalue weighted by molar-refractivity contribution is 0.191. The van der Waals surface area contributed by atoms with E-state index >= 15 is 0 Å². The fourth-order valence-electron chi connectivity index (χ4n) is 2.18. The van der Waals surface area contributed by atoms with E-state index in [0.29, 0.717) is 11.5 Å². The molecule has 0 amide bonds. The van der Waals surface area contributed by atoms with Crippen molar-refractivity contribution in [2.45, 2.75) is 13.0 Å². The summed E-state index contributed by atoms with van der Waals surface area (Å²) in [5.41, 5.74) is 2.44.